The van der Waals surface area contributed by atoms with E-state index < -0.39 is 17.5 Å². The molecule has 1 saturated heterocycles. The van der Waals surface area contributed by atoms with Crippen LogP contribution in [-0.2, 0) is 0 Å². The highest BCUT2D eigenvalue weighted by Crippen LogP contribution is 2.15. The Morgan fingerprint density at radius 1 is 0.960 bits per heavy atom. The number of amides is 2. The summed E-state index contributed by atoms with van der Waals surface area (Å²) in [6, 6.07) is 2.80. The first kappa shape index (κ1) is 16.9. The maximum Gasteiger partial charge on any atom is 0.274 e. The largest absolute Gasteiger partial charge is 0.337 e. The predicted octanol–water partition coefficient (Wildman–Crippen LogP) is 1.74. The van der Waals surface area contributed by atoms with Gasteiger partial charge in [0.2, 0.25) is 0 Å². The van der Waals surface area contributed by atoms with Crippen molar-refractivity contribution in [3.05, 3.63) is 59.7 Å². The Morgan fingerprint density at radius 2 is 1.68 bits per heavy atom. The first-order valence-electron chi connectivity index (χ1n) is 7.86. The molecule has 6 nitrogen and oxygen atoms in total. The molecule has 0 N–H and O–H groups in total. The lowest BCUT2D eigenvalue weighted by atomic mass is 10.1. The fraction of sp³-hybridized carbons (Fsp3) is 0.294. The van der Waals surface area contributed by atoms with E-state index in [1.165, 1.54) is 23.5 Å². The monoisotopic (exact) mass is 346 g/mol. The molecular weight excluding hydrogens is 330 g/mol. The Hall–Kier alpha value is -2.90. The first-order valence-corrected chi connectivity index (χ1v) is 7.86. The quantitative estimate of drug-likeness (QED) is 0.831. The number of aromatic nitrogens is 2. The fourth-order valence-corrected chi connectivity index (χ4v) is 2.73. The lowest BCUT2D eigenvalue weighted by Gasteiger charge is -2.22. The van der Waals surface area contributed by atoms with Gasteiger partial charge in [-0.05, 0) is 24.6 Å². The summed E-state index contributed by atoms with van der Waals surface area (Å²) in [6.07, 6.45) is 4.84. The van der Waals surface area contributed by atoms with E-state index in [2.05, 4.69) is 9.97 Å². The summed E-state index contributed by atoms with van der Waals surface area (Å²) in [4.78, 5) is 35.7. The minimum atomic E-state index is -0.761. The predicted molar refractivity (Wildman–Crippen MR) is 84.8 cm³/mol. The number of nitrogens with zero attached hydrogens (tertiary/aromatic N) is 4. The average Bonchev–Trinajstić information content (AvgIpc) is 2.89. The summed E-state index contributed by atoms with van der Waals surface area (Å²) in [7, 11) is 0. The highest BCUT2D eigenvalue weighted by molar-refractivity contribution is 5.95. The van der Waals surface area contributed by atoms with E-state index in [1.807, 2.05) is 0 Å². The van der Waals surface area contributed by atoms with Gasteiger partial charge >= 0.3 is 0 Å². The van der Waals surface area contributed by atoms with Gasteiger partial charge in [-0.1, -0.05) is 0 Å². The molecule has 2 amide bonds. The Bertz CT molecular complexity index is 785. The van der Waals surface area contributed by atoms with Crippen LogP contribution in [0, 0.1) is 11.6 Å². The molecule has 0 unspecified atom stereocenters. The van der Waals surface area contributed by atoms with E-state index in [0.29, 0.717) is 19.5 Å². The Balaban J connectivity index is 1.70. The van der Waals surface area contributed by atoms with Gasteiger partial charge in [-0.25, -0.2) is 13.8 Å². The van der Waals surface area contributed by atoms with Crippen molar-refractivity contribution in [2.24, 2.45) is 0 Å². The highest BCUT2D eigenvalue weighted by Gasteiger charge is 2.25. The van der Waals surface area contributed by atoms with Gasteiger partial charge < -0.3 is 9.80 Å². The van der Waals surface area contributed by atoms with Crippen LogP contribution in [0.3, 0.4) is 0 Å². The van der Waals surface area contributed by atoms with Crippen LogP contribution < -0.4 is 0 Å². The van der Waals surface area contributed by atoms with Crippen molar-refractivity contribution in [2.75, 3.05) is 26.2 Å². The molecule has 0 saturated carbocycles. The molecule has 3 rings (SSSR count). The molecule has 25 heavy (non-hydrogen) atoms. The Morgan fingerprint density at radius 3 is 2.36 bits per heavy atom. The van der Waals surface area contributed by atoms with Crippen molar-refractivity contribution in [3.63, 3.8) is 0 Å². The minimum absolute atomic E-state index is 0.235. The summed E-state index contributed by atoms with van der Waals surface area (Å²) in [5, 5.41) is 0. The summed E-state index contributed by atoms with van der Waals surface area (Å²) < 4.78 is 27.1. The van der Waals surface area contributed by atoms with Crippen LogP contribution >= 0.6 is 0 Å². The maximum absolute atomic E-state index is 13.8. The molecular formula is C17H16F2N4O2. The molecule has 0 atom stereocenters. The van der Waals surface area contributed by atoms with Gasteiger partial charge in [0, 0.05) is 38.6 Å². The lowest BCUT2D eigenvalue weighted by Crippen LogP contribution is -2.38. The average molecular weight is 346 g/mol. The zero-order chi connectivity index (χ0) is 17.8. The molecule has 2 aromatic rings. The van der Waals surface area contributed by atoms with Crippen molar-refractivity contribution in [1.29, 1.82) is 0 Å². The molecule has 2 heterocycles. The number of hydrogen-bond acceptors (Lipinski definition) is 4. The van der Waals surface area contributed by atoms with Crippen LogP contribution in [0.5, 0.6) is 0 Å². The van der Waals surface area contributed by atoms with Crippen molar-refractivity contribution < 1.29 is 18.4 Å². The summed E-state index contributed by atoms with van der Waals surface area (Å²) >= 11 is 0. The molecule has 8 heteroatoms. The van der Waals surface area contributed by atoms with Crippen LogP contribution in [0.4, 0.5) is 8.78 Å². The molecule has 0 radical (unpaired) electrons. The van der Waals surface area contributed by atoms with Gasteiger partial charge in [0.15, 0.2) is 0 Å². The molecule has 0 bridgehead atoms. The molecule has 0 aliphatic carbocycles. The summed E-state index contributed by atoms with van der Waals surface area (Å²) in [5.41, 5.74) is -0.0628. The van der Waals surface area contributed by atoms with Crippen LogP contribution in [-0.4, -0.2) is 57.8 Å². The standard InChI is InChI=1S/C17H16F2N4O2/c18-12-2-3-14(19)13(10-12)16(24)22-6-1-7-23(9-8-22)17(25)15-11-20-4-5-21-15/h2-5,10-11H,1,6-9H2. The third-order valence-corrected chi connectivity index (χ3v) is 4.01. The van der Waals surface area contributed by atoms with E-state index in [4.69, 9.17) is 0 Å². The van der Waals surface area contributed by atoms with Crippen molar-refractivity contribution >= 4 is 11.8 Å². The smallest absolute Gasteiger partial charge is 0.274 e. The SMILES string of the molecule is O=C(c1cnccn1)N1CCCN(C(=O)c2cc(F)ccc2F)CC1. The van der Waals surface area contributed by atoms with Crippen molar-refractivity contribution in [1.82, 2.24) is 19.8 Å². The number of halogens is 2. The number of hydrogen-bond donors (Lipinski definition) is 0. The Kier molecular flexibility index (Phi) is 4.97. The maximum atomic E-state index is 13.8. The lowest BCUT2D eigenvalue weighted by molar-refractivity contribution is 0.0712. The van der Waals surface area contributed by atoms with Crippen LogP contribution in [0.2, 0.25) is 0 Å². The molecule has 130 valence electrons. The minimum Gasteiger partial charge on any atom is -0.337 e. The normalized spacial score (nSPS) is 15.0. The van der Waals surface area contributed by atoms with Gasteiger partial charge in [-0.15, -0.1) is 0 Å². The van der Waals surface area contributed by atoms with E-state index in [1.54, 1.807) is 4.90 Å². The summed E-state index contributed by atoms with van der Waals surface area (Å²) in [5.74, 6) is -2.27. The van der Waals surface area contributed by atoms with Gasteiger partial charge in [-0.2, -0.15) is 0 Å². The van der Waals surface area contributed by atoms with Gasteiger partial charge in [-0.3, -0.25) is 14.6 Å². The number of carbonyl (C=O) groups excluding carboxylic acids is 2. The topological polar surface area (TPSA) is 66.4 Å². The van der Waals surface area contributed by atoms with Gasteiger partial charge in [0.1, 0.15) is 17.3 Å². The summed E-state index contributed by atoms with van der Waals surface area (Å²) in [6.45, 7) is 1.34. The van der Waals surface area contributed by atoms with Crippen molar-refractivity contribution in [2.45, 2.75) is 6.42 Å². The first-order chi connectivity index (χ1) is 12.1. The highest BCUT2D eigenvalue weighted by atomic mass is 19.1. The number of rotatable bonds is 2. The van der Waals surface area contributed by atoms with E-state index in [-0.39, 0.29) is 30.3 Å². The molecule has 1 aliphatic rings. The van der Waals surface area contributed by atoms with E-state index in [9.17, 15) is 18.4 Å². The number of benzene rings is 1. The van der Waals surface area contributed by atoms with Gasteiger partial charge in [0.25, 0.3) is 11.8 Å². The fourth-order valence-electron chi connectivity index (χ4n) is 2.73. The molecule has 0 spiro atoms. The van der Waals surface area contributed by atoms with Crippen LogP contribution in [0.15, 0.2) is 36.8 Å². The van der Waals surface area contributed by atoms with Crippen molar-refractivity contribution in [3.8, 4) is 0 Å². The molecule has 1 fully saturated rings. The Labute approximate surface area is 143 Å². The zero-order valence-corrected chi connectivity index (χ0v) is 13.4. The molecule has 1 aromatic heterocycles. The third kappa shape index (κ3) is 3.78. The van der Waals surface area contributed by atoms with Crippen LogP contribution in [0.1, 0.15) is 27.3 Å². The molecule has 1 aliphatic heterocycles. The number of carbonyl (C=O) groups is 2. The second-order valence-electron chi connectivity index (χ2n) is 5.65. The third-order valence-electron chi connectivity index (χ3n) is 4.01. The second-order valence-corrected chi connectivity index (χ2v) is 5.65. The van der Waals surface area contributed by atoms with Gasteiger partial charge in [0.05, 0.1) is 11.8 Å². The molecule has 1 aromatic carbocycles. The zero-order valence-electron chi connectivity index (χ0n) is 13.4. The van der Waals surface area contributed by atoms with E-state index >= 15 is 0 Å². The van der Waals surface area contributed by atoms with E-state index in [0.717, 1.165) is 18.2 Å². The van der Waals surface area contributed by atoms with Crippen LogP contribution in [0.25, 0.3) is 0 Å². The second kappa shape index (κ2) is 7.33.